The summed E-state index contributed by atoms with van der Waals surface area (Å²) in [7, 11) is 0. The molecule has 0 aromatic heterocycles. The summed E-state index contributed by atoms with van der Waals surface area (Å²) in [5, 5.41) is 0. The van der Waals surface area contributed by atoms with Crippen molar-refractivity contribution in [1.82, 2.24) is 0 Å². The number of benzene rings is 2. The highest BCUT2D eigenvalue weighted by atomic mass is 19.1. The minimum absolute atomic E-state index is 0.174. The Morgan fingerprint density at radius 3 is 2.41 bits per heavy atom. The summed E-state index contributed by atoms with van der Waals surface area (Å²) in [6.07, 6.45) is 6.56. The van der Waals surface area contributed by atoms with Crippen molar-refractivity contribution < 1.29 is 18.3 Å². The number of ether oxygens (including phenoxy) is 2. The molecule has 1 fully saturated rings. The number of hydrogen-bond donors (Lipinski definition) is 0. The highest BCUT2D eigenvalue weighted by Crippen LogP contribution is 2.32. The number of halogens is 2. The Bertz CT molecular complexity index is 780. The highest BCUT2D eigenvalue weighted by molar-refractivity contribution is 5.66. The molecule has 0 bridgehead atoms. The molecule has 0 saturated heterocycles. The zero-order chi connectivity index (χ0) is 19.2. The van der Waals surface area contributed by atoms with Gasteiger partial charge in [-0.25, -0.2) is 8.78 Å². The van der Waals surface area contributed by atoms with Crippen LogP contribution in [0.2, 0.25) is 0 Å². The molecular formula is C23H26F2O2. The maximum atomic E-state index is 14.5. The first-order chi connectivity index (χ1) is 13.1. The topological polar surface area (TPSA) is 18.5 Å². The van der Waals surface area contributed by atoms with Crippen LogP contribution in [0.3, 0.4) is 0 Å². The fraction of sp³-hybridized carbons (Fsp3) is 0.391. The Hall–Kier alpha value is -2.36. The molecule has 0 amide bonds. The van der Waals surface area contributed by atoms with Crippen molar-refractivity contribution in [2.75, 3.05) is 13.2 Å². The van der Waals surface area contributed by atoms with Crippen LogP contribution in [0.4, 0.5) is 8.78 Å². The van der Waals surface area contributed by atoms with E-state index >= 15 is 0 Å². The summed E-state index contributed by atoms with van der Waals surface area (Å²) >= 11 is 0. The lowest BCUT2D eigenvalue weighted by molar-refractivity contribution is 0.194. The smallest absolute Gasteiger partial charge is 0.165 e. The molecule has 1 aliphatic carbocycles. The average molecular weight is 372 g/mol. The molecule has 144 valence electrons. The molecule has 1 saturated carbocycles. The summed E-state index contributed by atoms with van der Waals surface area (Å²) in [4.78, 5) is 0. The molecule has 2 nitrogen and oxygen atoms in total. The molecule has 4 heteroatoms. The third kappa shape index (κ3) is 4.88. The summed E-state index contributed by atoms with van der Waals surface area (Å²) in [6.45, 7) is 6.63. The van der Waals surface area contributed by atoms with Gasteiger partial charge < -0.3 is 9.47 Å². The lowest BCUT2D eigenvalue weighted by Crippen LogP contribution is -2.19. The zero-order valence-electron chi connectivity index (χ0n) is 15.7. The Morgan fingerprint density at radius 2 is 1.78 bits per heavy atom. The van der Waals surface area contributed by atoms with Crippen LogP contribution < -0.4 is 9.47 Å². The third-order valence-electron chi connectivity index (χ3n) is 5.19. The van der Waals surface area contributed by atoms with E-state index in [0.29, 0.717) is 41.9 Å². The lowest BCUT2D eigenvalue weighted by Gasteiger charge is -2.26. The van der Waals surface area contributed by atoms with Gasteiger partial charge in [-0.1, -0.05) is 12.1 Å². The minimum atomic E-state index is -0.496. The van der Waals surface area contributed by atoms with Crippen LogP contribution in [-0.4, -0.2) is 13.2 Å². The summed E-state index contributed by atoms with van der Waals surface area (Å²) in [5.41, 5.74) is 0.818. The predicted octanol–water partition coefficient (Wildman–Crippen LogP) is 6.40. The Kier molecular flexibility index (Phi) is 6.49. The molecule has 0 heterocycles. The van der Waals surface area contributed by atoms with E-state index in [2.05, 4.69) is 6.58 Å². The number of allylic oxidation sites excluding steroid dienone is 1. The molecular weight excluding hydrogens is 346 g/mol. The van der Waals surface area contributed by atoms with E-state index in [9.17, 15) is 8.78 Å². The normalized spacial score (nSPS) is 19.5. The molecule has 3 rings (SSSR count). The molecule has 0 atom stereocenters. The molecule has 1 aliphatic rings. The van der Waals surface area contributed by atoms with Gasteiger partial charge in [0.25, 0.3) is 0 Å². The minimum Gasteiger partial charge on any atom is -0.493 e. The Balaban J connectivity index is 1.64. The van der Waals surface area contributed by atoms with Gasteiger partial charge in [-0.15, -0.1) is 6.58 Å². The van der Waals surface area contributed by atoms with Crippen LogP contribution in [0.15, 0.2) is 49.1 Å². The first kappa shape index (κ1) is 19.4. The summed E-state index contributed by atoms with van der Waals surface area (Å²) in [6, 6.07) is 9.22. The average Bonchev–Trinajstić information content (AvgIpc) is 2.68. The van der Waals surface area contributed by atoms with Crippen LogP contribution in [-0.2, 0) is 0 Å². The zero-order valence-corrected chi connectivity index (χ0v) is 15.7. The quantitative estimate of drug-likeness (QED) is 0.524. The maximum absolute atomic E-state index is 14.5. The van der Waals surface area contributed by atoms with Crippen molar-refractivity contribution in [3.05, 3.63) is 60.7 Å². The van der Waals surface area contributed by atoms with Crippen molar-refractivity contribution >= 4 is 0 Å². The van der Waals surface area contributed by atoms with Crippen molar-refractivity contribution in [3.8, 4) is 22.6 Å². The summed E-state index contributed by atoms with van der Waals surface area (Å²) < 4.78 is 39.6. The molecule has 0 N–H and O–H groups in total. The number of hydrogen-bond acceptors (Lipinski definition) is 2. The largest absolute Gasteiger partial charge is 0.493 e. The second-order valence-corrected chi connectivity index (χ2v) is 7.05. The van der Waals surface area contributed by atoms with Gasteiger partial charge in [0.2, 0.25) is 0 Å². The standard InChI is InChI=1S/C23H26F2O2/c1-3-16-5-7-17(8-6-16)15-27-19-10-11-20(21(24)14-19)18-9-12-23(26-4-2)22(25)13-18/h3,9-14,16-17H,1,4-8,15H2,2H3. The van der Waals surface area contributed by atoms with E-state index in [1.807, 2.05) is 6.08 Å². The monoisotopic (exact) mass is 372 g/mol. The first-order valence-electron chi connectivity index (χ1n) is 9.58. The molecule has 0 radical (unpaired) electrons. The van der Waals surface area contributed by atoms with Gasteiger partial charge in [0.15, 0.2) is 11.6 Å². The Labute approximate surface area is 159 Å². The van der Waals surface area contributed by atoms with Gasteiger partial charge in [-0.05, 0) is 74.3 Å². The van der Waals surface area contributed by atoms with Gasteiger partial charge in [0.1, 0.15) is 11.6 Å². The fourth-order valence-corrected chi connectivity index (χ4v) is 3.57. The molecule has 0 aliphatic heterocycles. The van der Waals surface area contributed by atoms with Crippen LogP contribution in [0, 0.1) is 23.5 Å². The lowest BCUT2D eigenvalue weighted by atomic mass is 9.82. The maximum Gasteiger partial charge on any atom is 0.165 e. The SMILES string of the molecule is C=CC1CCC(COc2ccc(-c3ccc(OCC)c(F)c3)c(F)c2)CC1. The van der Waals surface area contributed by atoms with Crippen LogP contribution in [0.1, 0.15) is 32.6 Å². The van der Waals surface area contributed by atoms with Gasteiger partial charge in [0, 0.05) is 11.6 Å². The molecule has 0 spiro atoms. The van der Waals surface area contributed by atoms with Crippen LogP contribution in [0.5, 0.6) is 11.5 Å². The van der Waals surface area contributed by atoms with Gasteiger partial charge >= 0.3 is 0 Å². The van der Waals surface area contributed by atoms with Gasteiger partial charge in [-0.3, -0.25) is 0 Å². The fourth-order valence-electron chi connectivity index (χ4n) is 3.57. The second-order valence-electron chi connectivity index (χ2n) is 7.05. The van der Waals surface area contributed by atoms with Gasteiger partial charge in [-0.2, -0.15) is 0 Å². The van der Waals surface area contributed by atoms with E-state index < -0.39 is 11.6 Å². The van der Waals surface area contributed by atoms with Crippen LogP contribution in [0.25, 0.3) is 11.1 Å². The van der Waals surface area contributed by atoms with Crippen molar-refractivity contribution in [2.45, 2.75) is 32.6 Å². The predicted molar refractivity (Wildman–Crippen MR) is 104 cm³/mol. The molecule has 2 aromatic rings. The Morgan fingerprint density at radius 1 is 1.00 bits per heavy atom. The highest BCUT2D eigenvalue weighted by Gasteiger charge is 2.20. The molecule has 0 unspecified atom stereocenters. The van der Waals surface area contributed by atoms with E-state index in [0.717, 1.165) is 25.7 Å². The van der Waals surface area contributed by atoms with Crippen molar-refractivity contribution in [2.24, 2.45) is 11.8 Å². The molecule has 27 heavy (non-hydrogen) atoms. The molecule has 2 aromatic carbocycles. The van der Waals surface area contributed by atoms with E-state index in [1.54, 1.807) is 25.1 Å². The van der Waals surface area contributed by atoms with E-state index in [4.69, 9.17) is 9.47 Å². The first-order valence-corrected chi connectivity index (χ1v) is 9.58. The van der Waals surface area contributed by atoms with Gasteiger partial charge in [0.05, 0.1) is 13.2 Å². The second kappa shape index (κ2) is 9.03. The van der Waals surface area contributed by atoms with E-state index in [1.165, 1.54) is 18.2 Å². The number of rotatable bonds is 7. The van der Waals surface area contributed by atoms with Crippen molar-refractivity contribution in [1.29, 1.82) is 0 Å². The van der Waals surface area contributed by atoms with E-state index in [-0.39, 0.29) is 5.75 Å². The van der Waals surface area contributed by atoms with Crippen molar-refractivity contribution in [3.63, 3.8) is 0 Å². The van der Waals surface area contributed by atoms with Crippen LogP contribution >= 0.6 is 0 Å². The summed E-state index contributed by atoms with van der Waals surface area (Å²) in [5.74, 6) is 0.883. The third-order valence-corrected chi connectivity index (χ3v) is 5.19.